The summed E-state index contributed by atoms with van der Waals surface area (Å²) < 4.78 is 4.60. The standard InChI is InChI=1S/C7H14N2O5/c8-5(4-10)7(13)14-2-1-9-3-6(11)12/h5,9-10H,1-4,8H2,(H,11,12)/t5-/m0/s1. The van der Waals surface area contributed by atoms with E-state index in [9.17, 15) is 9.59 Å². The number of carbonyl (C=O) groups is 2. The highest BCUT2D eigenvalue weighted by Gasteiger charge is 2.12. The van der Waals surface area contributed by atoms with Crippen molar-refractivity contribution < 1.29 is 24.5 Å². The van der Waals surface area contributed by atoms with E-state index in [-0.39, 0.29) is 19.7 Å². The van der Waals surface area contributed by atoms with Gasteiger partial charge < -0.3 is 26.0 Å². The molecule has 0 bridgehead atoms. The van der Waals surface area contributed by atoms with Gasteiger partial charge >= 0.3 is 11.9 Å². The monoisotopic (exact) mass is 206 g/mol. The summed E-state index contributed by atoms with van der Waals surface area (Å²) in [6.07, 6.45) is 0. The Morgan fingerprint density at radius 3 is 2.64 bits per heavy atom. The van der Waals surface area contributed by atoms with Crippen LogP contribution in [0.1, 0.15) is 0 Å². The van der Waals surface area contributed by atoms with Crippen molar-refractivity contribution >= 4 is 11.9 Å². The Balaban J connectivity index is 3.36. The largest absolute Gasteiger partial charge is 0.480 e. The van der Waals surface area contributed by atoms with Crippen molar-refractivity contribution in [2.45, 2.75) is 6.04 Å². The molecule has 0 fully saturated rings. The summed E-state index contributed by atoms with van der Waals surface area (Å²) in [4.78, 5) is 20.8. The highest BCUT2D eigenvalue weighted by molar-refractivity contribution is 5.75. The van der Waals surface area contributed by atoms with Crippen LogP contribution in [0.15, 0.2) is 0 Å². The fourth-order valence-electron chi connectivity index (χ4n) is 0.601. The molecule has 0 amide bonds. The SMILES string of the molecule is N[C@@H](CO)C(=O)OCCNCC(=O)O. The number of esters is 1. The molecule has 0 saturated carbocycles. The Labute approximate surface area is 80.8 Å². The molecular weight excluding hydrogens is 192 g/mol. The first-order chi connectivity index (χ1) is 6.57. The fraction of sp³-hybridized carbons (Fsp3) is 0.714. The molecule has 5 N–H and O–H groups in total. The zero-order valence-corrected chi connectivity index (χ0v) is 7.60. The number of carboxylic acids is 1. The molecule has 0 spiro atoms. The summed E-state index contributed by atoms with van der Waals surface area (Å²) in [6, 6.07) is -1.03. The number of nitrogens with two attached hydrogens (primary N) is 1. The third-order valence-electron chi connectivity index (χ3n) is 1.30. The average molecular weight is 206 g/mol. The van der Waals surface area contributed by atoms with Crippen LogP contribution in [0, 0.1) is 0 Å². The van der Waals surface area contributed by atoms with Gasteiger partial charge in [0, 0.05) is 6.54 Å². The predicted molar refractivity (Wildman–Crippen MR) is 46.5 cm³/mol. The van der Waals surface area contributed by atoms with Gasteiger partial charge in [0.2, 0.25) is 0 Å². The molecule has 82 valence electrons. The van der Waals surface area contributed by atoms with Gasteiger partial charge in [-0.2, -0.15) is 0 Å². The van der Waals surface area contributed by atoms with Gasteiger partial charge in [-0.1, -0.05) is 0 Å². The van der Waals surface area contributed by atoms with E-state index in [2.05, 4.69) is 10.1 Å². The van der Waals surface area contributed by atoms with Gasteiger partial charge in [0.15, 0.2) is 0 Å². The Morgan fingerprint density at radius 1 is 1.50 bits per heavy atom. The van der Waals surface area contributed by atoms with Crippen LogP contribution in [0.5, 0.6) is 0 Å². The number of aliphatic carboxylic acids is 1. The number of hydrogen-bond donors (Lipinski definition) is 4. The number of carbonyl (C=O) groups excluding carboxylic acids is 1. The second-order valence-corrected chi connectivity index (χ2v) is 2.53. The first kappa shape index (κ1) is 12.8. The van der Waals surface area contributed by atoms with E-state index in [0.29, 0.717) is 0 Å². The lowest BCUT2D eigenvalue weighted by Crippen LogP contribution is -2.37. The van der Waals surface area contributed by atoms with Crippen LogP contribution in [-0.2, 0) is 14.3 Å². The number of aliphatic hydroxyl groups excluding tert-OH is 1. The van der Waals surface area contributed by atoms with E-state index in [1.165, 1.54) is 0 Å². The van der Waals surface area contributed by atoms with Crippen molar-refractivity contribution in [3.63, 3.8) is 0 Å². The van der Waals surface area contributed by atoms with Crippen LogP contribution in [0.2, 0.25) is 0 Å². The van der Waals surface area contributed by atoms with Crippen LogP contribution < -0.4 is 11.1 Å². The van der Waals surface area contributed by atoms with Crippen molar-refractivity contribution in [1.29, 1.82) is 0 Å². The zero-order chi connectivity index (χ0) is 11.0. The Hall–Kier alpha value is -1.18. The number of hydrogen-bond acceptors (Lipinski definition) is 6. The molecule has 0 radical (unpaired) electrons. The molecule has 0 aliphatic rings. The van der Waals surface area contributed by atoms with Crippen LogP contribution in [0.25, 0.3) is 0 Å². The highest BCUT2D eigenvalue weighted by atomic mass is 16.5. The molecule has 0 aromatic rings. The molecule has 0 aromatic carbocycles. The second kappa shape index (κ2) is 7.25. The smallest absolute Gasteiger partial charge is 0.325 e. The zero-order valence-electron chi connectivity index (χ0n) is 7.60. The topological polar surface area (TPSA) is 122 Å². The van der Waals surface area contributed by atoms with Gasteiger partial charge in [0.05, 0.1) is 13.2 Å². The van der Waals surface area contributed by atoms with Crippen molar-refractivity contribution in [1.82, 2.24) is 5.32 Å². The Bertz CT molecular complexity index is 197. The molecule has 0 saturated heterocycles. The Kier molecular flexibility index (Phi) is 6.63. The van der Waals surface area contributed by atoms with E-state index in [1.807, 2.05) is 0 Å². The molecule has 14 heavy (non-hydrogen) atoms. The second-order valence-electron chi connectivity index (χ2n) is 2.53. The summed E-state index contributed by atoms with van der Waals surface area (Å²) >= 11 is 0. The first-order valence-corrected chi connectivity index (χ1v) is 4.03. The third-order valence-corrected chi connectivity index (χ3v) is 1.30. The van der Waals surface area contributed by atoms with E-state index in [1.54, 1.807) is 0 Å². The lowest BCUT2D eigenvalue weighted by molar-refractivity contribution is -0.145. The summed E-state index contributed by atoms with van der Waals surface area (Å²) in [5, 5.41) is 19.2. The number of aliphatic hydroxyl groups is 1. The highest BCUT2D eigenvalue weighted by Crippen LogP contribution is 1.83. The maximum absolute atomic E-state index is 10.8. The van der Waals surface area contributed by atoms with Crippen LogP contribution in [0.4, 0.5) is 0 Å². The minimum Gasteiger partial charge on any atom is -0.480 e. The number of rotatable bonds is 7. The number of nitrogens with one attached hydrogen (secondary N) is 1. The normalized spacial score (nSPS) is 12.1. The molecule has 7 heteroatoms. The van der Waals surface area contributed by atoms with Crippen LogP contribution in [0.3, 0.4) is 0 Å². The fourth-order valence-corrected chi connectivity index (χ4v) is 0.601. The summed E-state index contributed by atoms with van der Waals surface area (Å²) in [7, 11) is 0. The quantitative estimate of drug-likeness (QED) is 0.269. The van der Waals surface area contributed by atoms with Crippen molar-refractivity contribution in [3.05, 3.63) is 0 Å². The van der Waals surface area contributed by atoms with E-state index < -0.39 is 24.6 Å². The van der Waals surface area contributed by atoms with Gasteiger partial charge in [-0.3, -0.25) is 9.59 Å². The van der Waals surface area contributed by atoms with E-state index in [0.717, 1.165) is 0 Å². The van der Waals surface area contributed by atoms with Crippen molar-refractivity contribution in [2.75, 3.05) is 26.3 Å². The molecule has 1 atom stereocenters. The lowest BCUT2D eigenvalue weighted by atomic mass is 10.3. The summed E-state index contributed by atoms with van der Waals surface area (Å²) in [5.41, 5.74) is 5.14. The van der Waals surface area contributed by atoms with Crippen molar-refractivity contribution in [3.8, 4) is 0 Å². The van der Waals surface area contributed by atoms with Gasteiger partial charge in [-0.05, 0) is 0 Å². The Morgan fingerprint density at radius 2 is 2.14 bits per heavy atom. The lowest BCUT2D eigenvalue weighted by Gasteiger charge is -2.08. The molecule has 0 heterocycles. The van der Waals surface area contributed by atoms with Gasteiger partial charge in [-0.15, -0.1) is 0 Å². The minimum absolute atomic E-state index is 0.0276. The molecule has 0 aromatic heterocycles. The first-order valence-electron chi connectivity index (χ1n) is 4.03. The molecule has 0 rings (SSSR count). The molecule has 7 nitrogen and oxygen atoms in total. The number of ether oxygens (including phenoxy) is 1. The minimum atomic E-state index is -1.03. The molecular formula is C7H14N2O5. The molecule has 0 unspecified atom stereocenters. The van der Waals surface area contributed by atoms with E-state index >= 15 is 0 Å². The summed E-state index contributed by atoms with van der Waals surface area (Å²) in [6.45, 7) is -0.402. The predicted octanol–water partition coefficient (Wildman–Crippen LogP) is -2.48. The third kappa shape index (κ3) is 6.35. The van der Waals surface area contributed by atoms with Crippen LogP contribution in [-0.4, -0.2) is 54.5 Å². The maximum Gasteiger partial charge on any atom is 0.325 e. The molecule has 0 aliphatic heterocycles. The van der Waals surface area contributed by atoms with Gasteiger partial charge in [-0.25, -0.2) is 0 Å². The molecule has 0 aliphatic carbocycles. The average Bonchev–Trinajstić information content (AvgIpc) is 2.15. The van der Waals surface area contributed by atoms with Crippen LogP contribution >= 0.6 is 0 Å². The van der Waals surface area contributed by atoms with E-state index in [4.69, 9.17) is 15.9 Å². The van der Waals surface area contributed by atoms with Gasteiger partial charge in [0.25, 0.3) is 0 Å². The number of carboxylic acid groups (broad SMARTS) is 1. The maximum atomic E-state index is 10.8. The van der Waals surface area contributed by atoms with Gasteiger partial charge in [0.1, 0.15) is 12.6 Å². The summed E-state index contributed by atoms with van der Waals surface area (Å²) in [5.74, 6) is -1.69. The van der Waals surface area contributed by atoms with Crippen molar-refractivity contribution in [2.24, 2.45) is 5.73 Å².